The molecule has 2 fully saturated rings. The Kier molecular flexibility index (Phi) is 9.45. The first-order valence-corrected chi connectivity index (χ1v) is 14.9. The third kappa shape index (κ3) is 6.88. The van der Waals surface area contributed by atoms with Crippen LogP contribution < -0.4 is 0 Å². The minimum Gasteiger partial charge on any atom is -0.445 e. The summed E-state index contributed by atoms with van der Waals surface area (Å²) in [6.07, 6.45) is 1.49. The van der Waals surface area contributed by atoms with Crippen LogP contribution in [0.5, 0.6) is 0 Å². The van der Waals surface area contributed by atoms with Crippen molar-refractivity contribution in [3.63, 3.8) is 0 Å². The second-order valence-corrected chi connectivity index (χ2v) is 11.3. The lowest BCUT2D eigenvalue weighted by Crippen LogP contribution is -2.57. The second-order valence-electron chi connectivity index (χ2n) is 11.3. The Morgan fingerprint density at radius 1 is 1.02 bits per heavy atom. The van der Waals surface area contributed by atoms with Crippen LogP contribution in [0.4, 0.5) is 9.18 Å². The van der Waals surface area contributed by atoms with Crippen LogP contribution in [0, 0.1) is 5.82 Å². The van der Waals surface area contributed by atoms with Crippen molar-refractivity contribution in [2.45, 2.75) is 62.4 Å². The summed E-state index contributed by atoms with van der Waals surface area (Å²) < 4.78 is 34.5. The fourth-order valence-corrected chi connectivity index (χ4v) is 6.05. The van der Waals surface area contributed by atoms with Crippen LogP contribution in [-0.4, -0.2) is 102 Å². The number of ether oxygens (including phenoxy) is 3. The molecule has 2 aliphatic heterocycles. The molecule has 13 nitrogen and oxygen atoms in total. The highest BCUT2D eigenvalue weighted by molar-refractivity contribution is 5.67. The van der Waals surface area contributed by atoms with E-state index in [1.807, 2.05) is 41.2 Å². The number of aliphatic hydroxyl groups excluding tert-OH is 2. The van der Waals surface area contributed by atoms with Crippen LogP contribution in [-0.2, 0) is 27.2 Å². The van der Waals surface area contributed by atoms with Crippen molar-refractivity contribution in [1.82, 2.24) is 34.9 Å². The maximum atomic E-state index is 13.8. The van der Waals surface area contributed by atoms with Crippen LogP contribution in [0.1, 0.15) is 36.2 Å². The molecule has 5 atom stereocenters. The van der Waals surface area contributed by atoms with E-state index in [-0.39, 0.29) is 18.7 Å². The molecule has 4 aromatic rings. The molecule has 238 valence electrons. The summed E-state index contributed by atoms with van der Waals surface area (Å²) in [6.45, 7) is 0.892. The average Bonchev–Trinajstić information content (AvgIpc) is 3.75. The van der Waals surface area contributed by atoms with E-state index in [2.05, 4.69) is 20.6 Å². The number of carbonyl (C=O) groups excluding carboxylic acids is 1. The van der Waals surface area contributed by atoms with Crippen LogP contribution in [0.3, 0.4) is 0 Å². The van der Waals surface area contributed by atoms with Gasteiger partial charge in [0.25, 0.3) is 0 Å². The number of aliphatic hydroxyl groups is 2. The summed E-state index contributed by atoms with van der Waals surface area (Å²) in [5.41, 5.74) is 2.56. The molecule has 2 aliphatic rings. The van der Waals surface area contributed by atoms with Gasteiger partial charge in [-0.2, -0.15) is 0 Å². The SMILES string of the molecule is CO[C@@H]1[C@@H](n2cc(-c3cccc(F)c3)nn2)[C@@H](O)[C@@H](CO)O[C@@H]1Cc1cn(C2CCN(C(=O)OCc3ccccc3)CC2)nn1. The smallest absolute Gasteiger partial charge is 0.410 e. The number of likely N-dealkylation sites (tertiary alicyclic amines) is 1. The van der Waals surface area contributed by atoms with Gasteiger partial charge in [-0.1, -0.05) is 52.9 Å². The number of piperidine rings is 1. The maximum Gasteiger partial charge on any atom is 0.410 e. The second kappa shape index (κ2) is 13.8. The van der Waals surface area contributed by atoms with Crippen molar-refractivity contribution in [1.29, 1.82) is 0 Å². The quantitative estimate of drug-likeness (QED) is 0.286. The molecule has 0 aliphatic carbocycles. The van der Waals surface area contributed by atoms with Crippen molar-refractivity contribution in [2.75, 3.05) is 26.8 Å². The van der Waals surface area contributed by atoms with Gasteiger partial charge in [-0.05, 0) is 30.5 Å². The first-order valence-electron chi connectivity index (χ1n) is 14.9. The lowest BCUT2D eigenvalue weighted by molar-refractivity contribution is -0.212. The molecule has 0 unspecified atom stereocenters. The Morgan fingerprint density at radius 2 is 1.80 bits per heavy atom. The number of hydrogen-bond donors (Lipinski definition) is 2. The normalized spacial score (nSPS) is 24.1. The zero-order valence-corrected chi connectivity index (χ0v) is 24.8. The van der Waals surface area contributed by atoms with E-state index in [9.17, 15) is 19.4 Å². The van der Waals surface area contributed by atoms with Crippen molar-refractivity contribution in [3.8, 4) is 11.3 Å². The van der Waals surface area contributed by atoms with Gasteiger partial charge in [0, 0.05) is 38.4 Å². The number of carbonyl (C=O) groups is 1. The predicted octanol–water partition coefficient (Wildman–Crippen LogP) is 2.57. The van der Waals surface area contributed by atoms with Crippen LogP contribution in [0.25, 0.3) is 11.3 Å². The Morgan fingerprint density at radius 3 is 2.53 bits per heavy atom. The Bertz CT molecular complexity index is 1560. The van der Waals surface area contributed by atoms with Gasteiger partial charge in [0.15, 0.2) is 0 Å². The Hall–Kier alpha value is -4.24. The number of hydrogen-bond acceptors (Lipinski definition) is 10. The first kappa shape index (κ1) is 30.8. The number of nitrogens with zero attached hydrogens (tertiary/aromatic N) is 7. The molecule has 2 saturated heterocycles. The Balaban J connectivity index is 1.09. The van der Waals surface area contributed by atoms with Crippen molar-refractivity contribution >= 4 is 6.09 Å². The van der Waals surface area contributed by atoms with E-state index in [1.165, 1.54) is 23.9 Å². The minimum absolute atomic E-state index is 0.0612. The standard InChI is InChI=1S/C31H36FN7O6/c1-43-30-26(45-27(18-40)29(41)28(30)39-17-25(34-36-39)21-8-5-9-22(32)14-21)15-23-16-38(35-33-23)24-10-12-37(13-11-24)31(42)44-19-20-6-3-2-4-7-20/h2-9,14,16-17,24,26-30,40-41H,10-13,15,18-19H2,1H3/t26-,27-,28+,29+,30+/m1/s1. The molecule has 2 aromatic carbocycles. The molecular formula is C31H36FN7O6. The fourth-order valence-electron chi connectivity index (χ4n) is 6.05. The topological polar surface area (TPSA) is 150 Å². The molecule has 4 heterocycles. The highest BCUT2D eigenvalue weighted by atomic mass is 19.1. The molecule has 2 N–H and O–H groups in total. The van der Waals surface area contributed by atoms with Crippen molar-refractivity contribution < 1.29 is 33.6 Å². The highest BCUT2D eigenvalue weighted by Gasteiger charge is 2.47. The average molecular weight is 622 g/mol. The molecule has 0 radical (unpaired) electrons. The summed E-state index contributed by atoms with van der Waals surface area (Å²) in [5, 5.41) is 38.3. The number of benzene rings is 2. The molecule has 0 bridgehead atoms. The number of halogens is 1. The van der Waals surface area contributed by atoms with Crippen molar-refractivity contribution in [3.05, 3.63) is 84.1 Å². The van der Waals surface area contributed by atoms with E-state index < -0.39 is 42.9 Å². The molecule has 14 heteroatoms. The molecule has 0 saturated carbocycles. The molecule has 2 aromatic heterocycles. The zero-order valence-electron chi connectivity index (χ0n) is 24.8. The number of aromatic nitrogens is 6. The summed E-state index contributed by atoms with van der Waals surface area (Å²) >= 11 is 0. The number of amides is 1. The van der Waals surface area contributed by atoms with Crippen LogP contribution in [0.2, 0.25) is 0 Å². The van der Waals surface area contributed by atoms with Gasteiger partial charge >= 0.3 is 6.09 Å². The summed E-state index contributed by atoms with van der Waals surface area (Å²) in [6, 6.07) is 14.9. The first-order chi connectivity index (χ1) is 21.9. The van der Waals surface area contributed by atoms with E-state index >= 15 is 0 Å². The largest absolute Gasteiger partial charge is 0.445 e. The maximum absolute atomic E-state index is 13.8. The third-order valence-electron chi connectivity index (χ3n) is 8.44. The summed E-state index contributed by atoms with van der Waals surface area (Å²) in [5.74, 6) is -0.400. The van der Waals surface area contributed by atoms with Gasteiger partial charge in [0.1, 0.15) is 42.5 Å². The van der Waals surface area contributed by atoms with E-state index in [0.29, 0.717) is 49.3 Å². The molecule has 45 heavy (non-hydrogen) atoms. The van der Waals surface area contributed by atoms with E-state index in [4.69, 9.17) is 14.2 Å². The molecule has 6 rings (SSSR count). The number of rotatable bonds is 9. The summed E-state index contributed by atoms with van der Waals surface area (Å²) in [7, 11) is 1.51. The van der Waals surface area contributed by atoms with E-state index in [0.717, 1.165) is 5.56 Å². The molecular weight excluding hydrogens is 585 g/mol. The monoisotopic (exact) mass is 621 g/mol. The lowest BCUT2D eigenvalue weighted by Gasteiger charge is -2.43. The molecule has 1 amide bonds. The van der Waals surface area contributed by atoms with E-state index in [1.54, 1.807) is 23.2 Å². The van der Waals surface area contributed by atoms with Gasteiger partial charge < -0.3 is 29.3 Å². The van der Waals surface area contributed by atoms with Gasteiger partial charge in [0.05, 0.1) is 30.6 Å². The third-order valence-corrected chi connectivity index (χ3v) is 8.44. The highest BCUT2D eigenvalue weighted by Crippen LogP contribution is 2.34. The van der Waals surface area contributed by atoms with Crippen molar-refractivity contribution in [2.24, 2.45) is 0 Å². The minimum atomic E-state index is -1.15. The predicted molar refractivity (Wildman–Crippen MR) is 157 cm³/mol. The Labute approximate surface area is 259 Å². The van der Waals surface area contributed by atoms with Gasteiger partial charge in [0.2, 0.25) is 0 Å². The zero-order chi connectivity index (χ0) is 31.3. The fraction of sp³-hybridized carbons (Fsp3) is 0.452. The van der Waals surface area contributed by atoms with Gasteiger partial charge in [-0.3, -0.25) is 0 Å². The van der Waals surface area contributed by atoms with Crippen LogP contribution >= 0.6 is 0 Å². The van der Waals surface area contributed by atoms with Crippen LogP contribution in [0.15, 0.2) is 67.0 Å². The van der Waals surface area contributed by atoms with Gasteiger partial charge in [-0.25, -0.2) is 18.5 Å². The summed E-state index contributed by atoms with van der Waals surface area (Å²) in [4.78, 5) is 14.3. The number of methoxy groups -OCH3 is 1. The molecule has 0 spiro atoms. The lowest BCUT2D eigenvalue weighted by atomic mass is 9.90. The van der Waals surface area contributed by atoms with Gasteiger partial charge in [-0.15, -0.1) is 10.2 Å².